The molecule has 0 saturated carbocycles. The van der Waals surface area contributed by atoms with Gasteiger partial charge in [0.2, 0.25) is 0 Å². The first-order chi connectivity index (χ1) is 9.10. The Hall–Kier alpha value is -0.610. The van der Waals surface area contributed by atoms with Crippen LogP contribution in [0.5, 0.6) is 0 Å². The lowest BCUT2D eigenvalue weighted by molar-refractivity contribution is -0.142. The molecule has 0 aromatic heterocycles. The average molecular weight is 268 g/mol. The van der Waals surface area contributed by atoms with Crippen LogP contribution in [0.1, 0.15) is 39.5 Å². The van der Waals surface area contributed by atoms with Gasteiger partial charge in [0.1, 0.15) is 6.04 Å². The Balaban J connectivity index is 1.71. The number of rotatable bonds is 4. The second kappa shape index (κ2) is 6.71. The van der Waals surface area contributed by atoms with Crippen LogP contribution in [0.4, 0.5) is 0 Å². The Labute approximate surface area is 116 Å². The van der Waals surface area contributed by atoms with E-state index >= 15 is 0 Å². The van der Waals surface area contributed by atoms with E-state index < -0.39 is 0 Å². The van der Waals surface area contributed by atoms with Crippen LogP contribution in [0.15, 0.2) is 0 Å². The molecule has 2 aliphatic heterocycles. The van der Waals surface area contributed by atoms with E-state index in [1.807, 2.05) is 0 Å². The first kappa shape index (κ1) is 14.8. The van der Waals surface area contributed by atoms with Crippen molar-refractivity contribution < 1.29 is 9.53 Å². The molecule has 2 heterocycles. The molecule has 0 bridgehead atoms. The SMILES string of the molecule is COC(=O)C1CC(CC2CCN(C(C)C)CC2)CN1. The summed E-state index contributed by atoms with van der Waals surface area (Å²) in [6.07, 6.45) is 4.86. The molecule has 19 heavy (non-hydrogen) atoms. The summed E-state index contributed by atoms with van der Waals surface area (Å²) in [5.41, 5.74) is 0. The van der Waals surface area contributed by atoms with E-state index in [-0.39, 0.29) is 12.0 Å². The third-order valence-electron chi connectivity index (χ3n) is 4.75. The van der Waals surface area contributed by atoms with Gasteiger partial charge in [-0.15, -0.1) is 0 Å². The fourth-order valence-corrected chi connectivity index (χ4v) is 3.49. The van der Waals surface area contributed by atoms with Gasteiger partial charge in [-0.2, -0.15) is 0 Å². The van der Waals surface area contributed by atoms with Crippen molar-refractivity contribution in [2.24, 2.45) is 11.8 Å². The van der Waals surface area contributed by atoms with Crippen molar-refractivity contribution in [3.63, 3.8) is 0 Å². The number of hydrogen-bond acceptors (Lipinski definition) is 4. The van der Waals surface area contributed by atoms with Crippen LogP contribution < -0.4 is 5.32 Å². The Bertz CT molecular complexity index is 299. The number of esters is 1. The molecule has 0 radical (unpaired) electrons. The Morgan fingerprint density at radius 3 is 2.58 bits per heavy atom. The lowest BCUT2D eigenvalue weighted by atomic mass is 9.86. The zero-order valence-corrected chi connectivity index (χ0v) is 12.5. The largest absolute Gasteiger partial charge is 0.468 e. The molecule has 4 heteroatoms. The van der Waals surface area contributed by atoms with Crippen molar-refractivity contribution in [1.82, 2.24) is 10.2 Å². The van der Waals surface area contributed by atoms with Crippen molar-refractivity contribution in [2.45, 2.75) is 51.6 Å². The Morgan fingerprint density at radius 1 is 1.32 bits per heavy atom. The van der Waals surface area contributed by atoms with Gasteiger partial charge in [-0.1, -0.05) is 0 Å². The summed E-state index contributed by atoms with van der Waals surface area (Å²) in [7, 11) is 1.47. The number of likely N-dealkylation sites (tertiary alicyclic amines) is 1. The third kappa shape index (κ3) is 3.93. The van der Waals surface area contributed by atoms with Gasteiger partial charge in [-0.3, -0.25) is 4.79 Å². The first-order valence-electron chi connectivity index (χ1n) is 7.65. The second-order valence-electron chi connectivity index (χ2n) is 6.39. The van der Waals surface area contributed by atoms with Crippen molar-refractivity contribution in [3.8, 4) is 0 Å². The van der Waals surface area contributed by atoms with E-state index in [1.54, 1.807) is 0 Å². The maximum Gasteiger partial charge on any atom is 0.322 e. The standard InChI is InChI=1S/C15H28N2O2/c1-11(2)17-6-4-12(5-7-17)8-13-9-14(16-10-13)15(18)19-3/h11-14,16H,4-10H2,1-3H3. The maximum absolute atomic E-state index is 11.5. The Kier molecular flexibility index (Phi) is 5.22. The Morgan fingerprint density at radius 2 is 2.00 bits per heavy atom. The van der Waals surface area contributed by atoms with Gasteiger partial charge in [0, 0.05) is 6.04 Å². The molecule has 2 atom stereocenters. The number of nitrogens with zero attached hydrogens (tertiary/aromatic N) is 1. The van der Waals surface area contributed by atoms with E-state index in [1.165, 1.54) is 39.5 Å². The summed E-state index contributed by atoms with van der Waals surface area (Å²) in [6, 6.07) is 0.614. The summed E-state index contributed by atoms with van der Waals surface area (Å²) in [6.45, 7) is 8.01. The smallest absolute Gasteiger partial charge is 0.322 e. The minimum Gasteiger partial charge on any atom is -0.468 e. The zero-order chi connectivity index (χ0) is 13.8. The molecular formula is C15H28N2O2. The van der Waals surface area contributed by atoms with Crippen LogP contribution in [-0.4, -0.2) is 49.7 Å². The molecule has 0 aromatic carbocycles. The van der Waals surface area contributed by atoms with Crippen LogP contribution in [-0.2, 0) is 9.53 Å². The fourth-order valence-electron chi connectivity index (χ4n) is 3.49. The summed E-state index contributed by atoms with van der Waals surface area (Å²) in [5.74, 6) is 1.40. The fraction of sp³-hybridized carbons (Fsp3) is 0.933. The highest BCUT2D eigenvalue weighted by molar-refractivity contribution is 5.75. The molecule has 4 nitrogen and oxygen atoms in total. The minimum atomic E-state index is -0.0999. The van der Waals surface area contributed by atoms with Gasteiger partial charge in [-0.25, -0.2) is 0 Å². The number of methoxy groups -OCH3 is 1. The average Bonchev–Trinajstić information content (AvgIpc) is 2.87. The van der Waals surface area contributed by atoms with Crippen LogP contribution in [0.2, 0.25) is 0 Å². The summed E-state index contributed by atoms with van der Waals surface area (Å²) in [5, 5.41) is 3.29. The number of hydrogen-bond donors (Lipinski definition) is 1. The van der Waals surface area contributed by atoms with E-state index in [4.69, 9.17) is 4.74 Å². The molecule has 110 valence electrons. The van der Waals surface area contributed by atoms with E-state index in [0.29, 0.717) is 12.0 Å². The summed E-state index contributed by atoms with van der Waals surface area (Å²) in [4.78, 5) is 14.0. The molecule has 2 aliphatic rings. The quantitative estimate of drug-likeness (QED) is 0.787. The predicted octanol–water partition coefficient (Wildman–Crippen LogP) is 1.65. The number of nitrogens with one attached hydrogen (secondary N) is 1. The molecule has 1 N–H and O–H groups in total. The van der Waals surface area contributed by atoms with Gasteiger partial charge in [0.05, 0.1) is 7.11 Å². The lowest BCUT2D eigenvalue weighted by Crippen LogP contribution is -2.38. The molecule has 0 aromatic rings. The van der Waals surface area contributed by atoms with Crippen LogP contribution in [0.3, 0.4) is 0 Å². The number of ether oxygens (including phenoxy) is 1. The zero-order valence-electron chi connectivity index (χ0n) is 12.5. The highest BCUT2D eigenvalue weighted by Crippen LogP contribution is 2.29. The molecule has 2 unspecified atom stereocenters. The molecule has 0 amide bonds. The molecule has 2 rings (SSSR count). The van der Waals surface area contributed by atoms with Gasteiger partial charge in [0.25, 0.3) is 0 Å². The number of carbonyl (C=O) groups excluding carboxylic acids is 1. The van der Waals surface area contributed by atoms with Gasteiger partial charge in [0.15, 0.2) is 0 Å². The number of piperidine rings is 1. The monoisotopic (exact) mass is 268 g/mol. The maximum atomic E-state index is 11.5. The van der Waals surface area contributed by atoms with E-state index in [2.05, 4.69) is 24.1 Å². The van der Waals surface area contributed by atoms with Crippen molar-refractivity contribution >= 4 is 5.97 Å². The lowest BCUT2D eigenvalue weighted by Gasteiger charge is -2.35. The van der Waals surface area contributed by atoms with Crippen LogP contribution in [0, 0.1) is 11.8 Å². The van der Waals surface area contributed by atoms with Crippen molar-refractivity contribution in [2.75, 3.05) is 26.7 Å². The summed E-state index contributed by atoms with van der Waals surface area (Å²) < 4.78 is 4.80. The predicted molar refractivity (Wildman–Crippen MR) is 76.0 cm³/mol. The number of carbonyl (C=O) groups is 1. The van der Waals surface area contributed by atoms with E-state index in [9.17, 15) is 4.79 Å². The van der Waals surface area contributed by atoms with Gasteiger partial charge < -0.3 is 15.0 Å². The van der Waals surface area contributed by atoms with Gasteiger partial charge in [-0.05, 0) is 71.0 Å². The van der Waals surface area contributed by atoms with Crippen molar-refractivity contribution in [1.29, 1.82) is 0 Å². The second-order valence-corrected chi connectivity index (χ2v) is 6.39. The van der Waals surface area contributed by atoms with Crippen LogP contribution >= 0.6 is 0 Å². The normalized spacial score (nSPS) is 29.9. The molecular weight excluding hydrogens is 240 g/mol. The topological polar surface area (TPSA) is 41.6 Å². The highest BCUT2D eigenvalue weighted by Gasteiger charge is 2.32. The van der Waals surface area contributed by atoms with Crippen LogP contribution in [0.25, 0.3) is 0 Å². The molecule has 2 fully saturated rings. The van der Waals surface area contributed by atoms with Crippen molar-refractivity contribution in [3.05, 3.63) is 0 Å². The minimum absolute atomic E-state index is 0.0641. The first-order valence-corrected chi connectivity index (χ1v) is 7.65. The summed E-state index contributed by atoms with van der Waals surface area (Å²) >= 11 is 0. The van der Waals surface area contributed by atoms with Gasteiger partial charge >= 0.3 is 5.97 Å². The molecule has 0 aliphatic carbocycles. The highest BCUT2D eigenvalue weighted by atomic mass is 16.5. The molecule has 0 spiro atoms. The molecule has 2 saturated heterocycles. The van der Waals surface area contributed by atoms with E-state index in [0.717, 1.165) is 18.9 Å². The third-order valence-corrected chi connectivity index (χ3v) is 4.75.